The number of hydrogen-bond acceptors (Lipinski definition) is 6. The van der Waals surface area contributed by atoms with Gasteiger partial charge in [0.15, 0.2) is 0 Å². The first kappa shape index (κ1) is 17.2. The molecule has 0 heterocycles. The number of hydrogen-bond donors (Lipinski definition) is 3. The quantitative estimate of drug-likeness (QED) is 0.517. The molecule has 0 saturated heterocycles. The van der Waals surface area contributed by atoms with Gasteiger partial charge in [-0.1, -0.05) is 18.2 Å². The van der Waals surface area contributed by atoms with Crippen LogP contribution in [0.25, 0.3) is 11.1 Å². The molecule has 0 aliphatic rings. The molecule has 3 nitrogen and oxygen atoms in total. The molecular weight excluding hydrogens is 336 g/mol. The maximum atomic E-state index is 5.36. The molecule has 6 heteroatoms. The monoisotopic (exact) mass is 354 g/mol. The van der Waals surface area contributed by atoms with E-state index >= 15 is 0 Å². The van der Waals surface area contributed by atoms with Crippen molar-refractivity contribution in [2.24, 2.45) is 0 Å². The van der Waals surface area contributed by atoms with Crippen LogP contribution in [0.3, 0.4) is 0 Å². The Morgan fingerprint density at radius 2 is 1.23 bits per heavy atom. The molecule has 0 spiro atoms. The zero-order chi connectivity index (χ0) is 16.4. The van der Waals surface area contributed by atoms with Gasteiger partial charge in [0.1, 0.15) is 17.2 Å². The highest BCUT2D eigenvalue weighted by Crippen LogP contribution is 2.47. The molecule has 0 fully saturated rings. The molecule has 2 rings (SSSR count). The van der Waals surface area contributed by atoms with Crippen LogP contribution >= 0.6 is 38.7 Å². The topological polar surface area (TPSA) is 27.7 Å². The van der Waals surface area contributed by atoms with Gasteiger partial charge in [-0.3, -0.25) is 0 Å². The third kappa shape index (κ3) is 2.75. The molecule has 2 aromatic carbocycles. The molecule has 0 aliphatic heterocycles. The largest absolute Gasteiger partial charge is 0.428 e. The van der Waals surface area contributed by atoms with E-state index in [1.54, 1.807) is 0 Å². The van der Waals surface area contributed by atoms with Gasteiger partial charge in [0.2, 0.25) is 0 Å². The van der Waals surface area contributed by atoms with Crippen LogP contribution in [0.1, 0.15) is 22.3 Å². The number of para-hydroxylation sites is 1. The van der Waals surface area contributed by atoms with Gasteiger partial charge < -0.3 is 12.5 Å². The van der Waals surface area contributed by atoms with Crippen molar-refractivity contribution in [3.05, 3.63) is 40.5 Å². The summed E-state index contributed by atoms with van der Waals surface area (Å²) in [7, 11) is 0. The first-order valence-corrected chi connectivity index (χ1v) is 7.75. The zero-order valence-corrected chi connectivity index (χ0v) is 15.5. The van der Waals surface area contributed by atoms with E-state index in [4.69, 9.17) is 12.5 Å². The number of thiol groups is 3. The summed E-state index contributed by atoms with van der Waals surface area (Å²) in [5, 5.41) is 0. The summed E-state index contributed by atoms with van der Waals surface area (Å²) in [4.78, 5) is 0. The first-order valence-electron chi connectivity index (χ1n) is 6.65. The van der Waals surface area contributed by atoms with Crippen molar-refractivity contribution in [1.29, 1.82) is 0 Å². The summed E-state index contributed by atoms with van der Waals surface area (Å²) >= 11 is 12.0. The summed E-state index contributed by atoms with van der Waals surface area (Å²) < 4.78 is 15.9. The predicted octanol–water partition coefficient (Wildman–Crippen LogP) is 5.26. The Bertz CT molecular complexity index is 715. The molecular formula is C16H18O3S3. The van der Waals surface area contributed by atoms with Crippen LogP contribution in [-0.2, 0) is 0 Å². The Morgan fingerprint density at radius 1 is 0.682 bits per heavy atom. The van der Waals surface area contributed by atoms with Gasteiger partial charge in [0.25, 0.3) is 0 Å². The Kier molecular flexibility index (Phi) is 5.47. The van der Waals surface area contributed by atoms with Gasteiger partial charge in [-0.05, 0) is 44.4 Å². The van der Waals surface area contributed by atoms with E-state index in [0.29, 0.717) is 17.2 Å². The maximum absolute atomic E-state index is 5.36. The Morgan fingerprint density at radius 3 is 1.77 bits per heavy atom. The fourth-order valence-electron chi connectivity index (χ4n) is 2.64. The average Bonchev–Trinajstić information content (AvgIpc) is 2.51. The van der Waals surface area contributed by atoms with Crippen LogP contribution in [0.5, 0.6) is 17.2 Å². The number of rotatable bonds is 4. The molecule has 0 unspecified atom stereocenters. The van der Waals surface area contributed by atoms with Gasteiger partial charge in [-0.2, -0.15) is 0 Å². The molecule has 0 amide bonds. The highest BCUT2D eigenvalue weighted by Gasteiger charge is 2.23. The summed E-state index contributed by atoms with van der Waals surface area (Å²) in [5.74, 6) is 2.05. The standard InChI is InChI=1S/C16H18O3S3/c1-8-6-5-7-12(14(8)17-20)13-11(4)15(18-21)9(2)10(3)16(13)19-22/h5-7,20-22H,1-4H3. The minimum Gasteiger partial charge on any atom is -0.428 e. The van der Waals surface area contributed by atoms with Gasteiger partial charge in [-0.15, -0.1) is 0 Å². The molecule has 0 atom stereocenters. The smallest absolute Gasteiger partial charge is 0.148 e. The van der Waals surface area contributed by atoms with E-state index in [0.717, 1.165) is 33.4 Å². The summed E-state index contributed by atoms with van der Waals surface area (Å²) in [5.41, 5.74) is 5.50. The molecule has 0 aliphatic carbocycles. The zero-order valence-electron chi connectivity index (χ0n) is 12.8. The van der Waals surface area contributed by atoms with Crippen LogP contribution in [-0.4, -0.2) is 0 Å². The van der Waals surface area contributed by atoms with Crippen LogP contribution in [0.4, 0.5) is 0 Å². The Labute approximate surface area is 147 Å². The van der Waals surface area contributed by atoms with E-state index < -0.39 is 0 Å². The maximum Gasteiger partial charge on any atom is 0.148 e. The van der Waals surface area contributed by atoms with Gasteiger partial charge >= 0.3 is 0 Å². The minimum atomic E-state index is 0.671. The highest BCUT2D eigenvalue weighted by molar-refractivity contribution is 7.75. The molecule has 0 N–H and O–H groups in total. The van der Waals surface area contributed by atoms with Gasteiger partial charge in [0.05, 0.1) is 0 Å². The van der Waals surface area contributed by atoms with Crippen molar-refractivity contribution in [2.45, 2.75) is 27.7 Å². The third-order valence-electron chi connectivity index (χ3n) is 3.94. The van der Waals surface area contributed by atoms with Crippen molar-refractivity contribution in [2.75, 3.05) is 0 Å². The summed E-state index contributed by atoms with van der Waals surface area (Å²) in [6.07, 6.45) is 0. The molecule has 0 radical (unpaired) electrons. The van der Waals surface area contributed by atoms with Crippen LogP contribution in [0.15, 0.2) is 18.2 Å². The SMILES string of the molecule is Cc1cccc(-c2c(C)c(OS)c(C)c(C)c2OS)c1OS. The van der Waals surface area contributed by atoms with E-state index in [1.165, 1.54) is 0 Å². The average molecular weight is 355 g/mol. The summed E-state index contributed by atoms with van der Waals surface area (Å²) in [6.45, 7) is 7.83. The van der Waals surface area contributed by atoms with E-state index in [2.05, 4.69) is 38.7 Å². The molecule has 0 saturated carbocycles. The van der Waals surface area contributed by atoms with E-state index in [9.17, 15) is 0 Å². The van der Waals surface area contributed by atoms with Crippen molar-refractivity contribution in [1.82, 2.24) is 0 Å². The normalized spacial score (nSPS) is 10.5. The van der Waals surface area contributed by atoms with Crippen molar-refractivity contribution in [3.8, 4) is 28.4 Å². The lowest BCUT2D eigenvalue weighted by atomic mass is 9.91. The number of aryl methyl sites for hydroxylation is 1. The highest BCUT2D eigenvalue weighted by atomic mass is 32.1. The van der Waals surface area contributed by atoms with Crippen LogP contribution in [0, 0.1) is 27.7 Å². The van der Waals surface area contributed by atoms with Crippen LogP contribution in [0.2, 0.25) is 0 Å². The second kappa shape index (κ2) is 6.98. The van der Waals surface area contributed by atoms with Gasteiger partial charge in [-0.25, -0.2) is 0 Å². The minimum absolute atomic E-state index is 0.671. The molecule has 118 valence electrons. The van der Waals surface area contributed by atoms with Crippen molar-refractivity contribution in [3.63, 3.8) is 0 Å². The Balaban J connectivity index is 2.92. The van der Waals surface area contributed by atoms with E-state index in [-0.39, 0.29) is 0 Å². The molecule has 0 bridgehead atoms. The second-order valence-corrected chi connectivity index (χ2v) is 5.68. The van der Waals surface area contributed by atoms with Crippen LogP contribution < -0.4 is 12.5 Å². The molecule has 0 aromatic heterocycles. The van der Waals surface area contributed by atoms with Crippen molar-refractivity contribution < 1.29 is 12.5 Å². The third-order valence-corrected chi connectivity index (χ3v) is 4.49. The number of benzene rings is 2. The fourth-order valence-corrected chi connectivity index (χ4v) is 3.38. The molecule has 2 aromatic rings. The first-order chi connectivity index (χ1) is 10.5. The fraction of sp³-hybridized carbons (Fsp3) is 0.250. The van der Waals surface area contributed by atoms with Gasteiger partial charge in [0, 0.05) is 55.4 Å². The lowest BCUT2D eigenvalue weighted by molar-refractivity contribution is 0.622. The summed E-state index contributed by atoms with van der Waals surface area (Å²) in [6, 6.07) is 5.87. The predicted molar refractivity (Wildman–Crippen MR) is 99.7 cm³/mol. The lowest BCUT2D eigenvalue weighted by Crippen LogP contribution is -1.99. The van der Waals surface area contributed by atoms with E-state index in [1.807, 2.05) is 45.9 Å². The Hall–Kier alpha value is -1.11. The lowest BCUT2D eigenvalue weighted by Gasteiger charge is -2.21. The van der Waals surface area contributed by atoms with Crippen molar-refractivity contribution >= 4 is 38.7 Å². The molecule has 22 heavy (non-hydrogen) atoms. The second-order valence-electron chi connectivity index (χ2n) is 5.13.